The van der Waals surface area contributed by atoms with E-state index < -0.39 is 5.97 Å². The van der Waals surface area contributed by atoms with E-state index >= 15 is 0 Å². The quantitative estimate of drug-likeness (QED) is 0.175. The Hall–Kier alpha value is -4.14. The van der Waals surface area contributed by atoms with Crippen molar-refractivity contribution in [2.45, 2.75) is 50.1 Å². The average Bonchev–Trinajstić information content (AvgIpc) is 3.07. The van der Waals surface area contributed by atoms with Crippen molar-refractivity contribution in [2.24, 2.45) is 17.8 Å². The number of rotatable bonds is 8. The SMILES string of the molecule is COC(=O)c1c(Cc2ccc(C(=O)NC3C4CC5C[C@@H]3CC(NC(=O)CCl)(C5)C4)cc2)c(=O)c2ccc(Cl)cc2n1-c1ccccc1. The zero-order chi connectivity index (χ0) is 32.9. The lowest BCUT2D eigenvalue weighted by atomic mass is 9.51. The maximum Gasteiger partial charge on any atom is 0.355 e. The fourth-order valence-electron chi connectivity index (χ4n) is 8.68. The second-order valence-electron chi connectivity index (χ2n) is 13.3. The number of pyridine rings is 1. The molecule has 0 aliphatic heterocycles. The summed E-state index contributed by atoms with van der Waals surface area (Å²) < 4.78 is 6.92. The van der Waals surface area contributed by atoms with Gasteiger partial charge in [-0.3, -0.25) is 14.4 Å². The van der Waals surface area contributed by atoms with E-state index in [0.29, 0.717) is 44.9 Å². The second-order valence-corrected chi connectivity index (χ2v) is 14.0. The van der Waals surface area contributed by atoms with Crippen molar-refractivity contribution in [3.05, 3.63) is 110 Å². The van der Waals surface area contributed by atoms with Crippen molar-refractivity contribution in [3.8, 4) is 5.69 Å². The van der Waals surface area contributed by atoms with Crippen molar-refractivity contribution in [1.82, 2.24) is 15.2 Å². The smallest absolute Gasteiger partial charge is 0.355 e. The molecule has 8 rings (SSSR count). The number of methoxy groups -OCH3 is 1. The van der Waals surface area contributed by atoms with Crippen LogP contribution in [0.1, 0.15) is 64.1 Å². The number of alkyl halides is 1. The summed E-state index contributed by atoms with van der Waals surface area (Å²) in [6.45, 7) is 0. The summed E-state index contributed by atoms with van der Waals surface area (Å²) in [4.78, 5) is 52.9. The molecular weight excluding hydrogens is 637 g/mol. The molecule has 4 saturated carbocycles. The predicted molar refractivity (Wildman–Crippen MR) is 182 cm³/mol. The highest BCUT2D eigenvalue weighted by atomic mass is 35.5. The Morgan fingerprint density at radius 3 is 2.32 bits per heavy atom. The van der Waals surface area contributed by atoms with E-state index in [-0.39, 0.29) is 52.4 Å². The number of ether oxygens (including phenoxy) is 1. The largest absolute Gasteiger partial charge is 0.464 e. The Morgan fingerprint density at radius 2 is 1.66 bits per heavy atom. The fourth-order valence-corrected chi connectivity index (χ4v) is 8.92. The maximum absolute atomic E-state index is 13.9. The molecular formula is C37H35Cl2N3O5. The summed E-state index contributed by atoms with van der Waals surface area (Å²) in [6.07, 6.45) is 4.96. The molecule has 3 aromatic carbocycles. The zero-order valence-electron chi connectivity index (χ0n) is 25.9. The van der Waals surface area contributed by atoms with Crippen molar-refractivity contribution in [1.29, 1.82) is 0 Å². The molecule has 242 valence electrons. The molecule has 4 bridgehead atoms. The Labute approximate surface area is 282 Å². The van der Waals surface area contributed by atoms with Crippen LogP contribution >= 0.6 is 23.2 Å². The second kappa shape index (κ2) is 12.5. The van der Waals surface area contributed by atoms with Gasteiger partial charge in [-0.2, -0.15) is 0 Å². The van der Waals surface area contributed by atoms with Crippen LogP contribution in [0.25, 0.3) is 16.6 Å². The number of carbonyl (C=O) groups excluding carboxylic acids is 3. The summed E-state index contributed by atoms with van der Waals surface area (Å²) in [5, 5.41) is 7.39. The monoisotopic (exact) mass is 671 g/mol. The number of para-hydroxylation sites is 1. The minimum Gasteiger partial charge on any atom is -0.464 e. The lowest BCUT2D eigenvalue weighted by Gasteiger charge is -2.60. The number of hydrogen-bond acceptors (Lipinski definition) is 5. The van der Waals surface area contributed by atoms with Crippen molar-refractivity contribution in [2.75, 3.05) is 13.0 Å². The summed E-state index contributed by atoms with van der Waals surface area (Å²) in [5.41, 5.74) is 2.40. The highest BCUT2D eigenvalue weighted by Gasteiger charge is 2.56. The van der Waals surface area contributed by atoms with Crippen molar-refractivity contribution >= 4 is 51.9 Å². The van der Waals surface area contributed by atoms with Gasteiger partial charge < -0.3 is 19.9 Å². The number of nitrogens with zero attached hydrogens (tertiary/aromatic N) is 1. The highest BCUT2D eigenvalue weighted by Crippen LogP contribution is 2.55. The Morgan fingerprint density at radius 1 is 0.957 bits per heavy atom. The summed E-state index contributed by atoms with van der Waals surface area (Å²) in [6, 6.07) is 21.5. The molecule has 10 heteroatoms. The van der Waals surface area contributed by atoms with Crippen molar-refractivity contribution in [3.63, 3.8) is 0 Å². The minimum absolute atomic E-state index is 0.0409. The zero-order valence-corrected chi connectivity index (χ0v) is 27.4. The number of hydrogen-bond donors (Lipinski definition) is 2. The van der Waals surface area contributed by atoms with E-state index in [9.17, 15) is 19.2 Å². The molecule has 0 spiro atoms. The minimum atomic E-state index is -0.640. The number of amides is 2. The van der Waals surface area contributed by atoms with Gasteiger partial charge in [0.15, 0.2) is 5.43 Å². The molecule has 1 heterocycles. The third kappa shape index (κ3) is 5.82. The van der Waals surface area contributed by atoms with Crippen LogP contribution in [0.4, 0.5) is 0 Å². The van der Waals surface area contributed by atoms with Gasteiger partial charge in [0.1, 0.15) is 11.6 Å². The van der Waals surface area contributed by atoms with Crippen LogP contribution in [0.3, 0.4) is 0 Å². The van der Waals surface area contributed by atoms with Gasteiger partial charge in [0.2, 0.25) is 5.91 Å². The van der Waals surface area contributed by atoms with Gasteiger partial charge in [-0.15, -0.1) is 11.6 Å². The third-order valence-electron chi connectivity index (χ3n) is 10.3. The van der Waals surface area contributed by atoms with Gasteiger partial charge in [0.25, 0.3) is 5.91 Å². The predicted octanol–water partition coefficient (Wildman–Crippen LogP) is 6.05. The summed E-state index contributed by atoms with van der Waals surface area (Å²) in [7, 11) is 1.29. The number of aromatic nitrogens is 1. The Kier molecular flexibility index (Phi) is 8.35. The molecule has 8 nitrogen and oxygen atoms in total. The molecule has 2 amide bonds. The first-order chi connectivity index (χ1) is 22.7. The van der Waals surface area contributed by atoms with Crippen LogP contribution in [0, 0.1) is 17.8 Å². The number of benzene rings is 3. The normalized spacial score (nSPS) is 24.2. The number of carbonyl (C=O) groups is 3. The van der Waals surface area contributed by atoms with Crippen LogP contribution in [0.2, 0.25) is 5.02 Å². The molecule has 4 aliphatic rings. The van der Waals surface area contributed by atoms with Gasteiger partial charge in [-0.05, 0) is 97.9 Å². The molecule has 0 radical (unpaired) electrons. The highest BCUT2D eigenvalue weighted by molar-refractivity contribution is 6.31. The molecule has 1 aromatic heterocycles. The van der Waals surface area contributed by atoms with E-state index in [0.717, 1.165) is 37.7 Å². The first-order valence-corrected chi connectivity index (χ1v) is 16.9. The van der Waals surface area contributed by atoms with Gasteiger partial charge in [0.05, 0.1) is 12.6 Å². The molecule has 47 heavy (non-hydrogen) atoms. The molecule has 2 N–H and O–H groups in total. The van der Waals surface area contributed by atoms with Crippen LogP contribution < -0.4 is 16.1 Å². The van der Waals surface area contributed by atoms with Gasteiger partial charge in [0, 0.05) is 45.2 Å². The number of fused-ring (bicyclic) bond motifs is 1. The lowest BCUT2D eigenvalue weighted by Crippen LogP contribution is -2.66. The van der Waals surface area contributed by atoms with E-state index in [1.54, 1.807) is 34.9 Å². The molecule has 4 aromatic rings. The standard InChI is InChI=1S/C37H35Cl2N3O5/c1-47-36(46)33-29(34(44)28-12-11-26(39)16-30(28)42(33)27-5-3-2-4-6-27)15-21-7-9-23(10-8-21)35(45)40-32-24-13-22-14-25(32)19-37(17-22,18-24)41-31(43)20-38/h2-12,16,22,24-25,32H,13-15,17-20H2,1H3,(H,40,45)(H,41,43)/t22?,24-,25?,32?,37?/m1/s1. The lowest BCUT2D eigenvalue weighted by molar-refractivity contribution is -0.125. The van der Waals surface area contributed by atoms with Crippen LogP contribution in [-0.4, -0.2) is 46.9 Å². The Balaban J connectivity index is 1.16. The van der Waals surface area contributed by atoms with Crippen molar-refractivity contribution < 1.29 is 19.1 Å². The molecule has 4 unspecified atom stereocenters. The van der Waals surface area contributed by atoms with E-state index in [1.807, 2.05) is 42.5 Å². The van der Waals surface area contributed by atoms with Crippen LogP contribution in [0.5, 0.6) is 0 Å². The molecule has 4 aliphatic carbocycles. The van der Waals surface area contributed by atoms with Gasteiger partial charge in [-0.1, -0.05) is 41.9 Å². The number of halogens is 2. The van der Waals surface area contributed by atoms with Gasteiger partial charge >= 0.3 is 5.97 Å². The molecule has 0 saturated heterocycles. The van der Waals surface area contributed by atoms with E-state index in [2.05, 4.69) is 10.6 Å². The summed E-state index contributed by atoms with van der Waals surface area (Å²) >= 11 is 12.1. The molecule has 4 fully saturated rings. The number of esters is 1. The van der Waals surface area contributed by atoms with Crippen LogP contribution in [0.15, 0.2) is 77.6 Å². The summed E-state index contributed by atoms with van der Waals surface area (Å²) in [5.74, 6) is 0.235. The first kappa shape index (κ1) is 31.5. The fraction of sp³-hybridized carbons (Fsp3) is 0.351. The molecule has 5 atom stereocenters. The number of nitrogens with one attached hydrogen (secondary N) is 2. The van der Waals surface area contributed by atoms with Crippen LogP contribution in [-0.2, 0) is 16.0 Å². The Bertz CT molecular complexity index is 1930. The topological polar surface area (TPSA) is 106 Å². The maximum atomic E-state index is 13.9. The average molecular weight is 673 g/mol. The first-order valence-electron chi connectivity index (χ1n) is 16.0. The van der Waals surface area contributed by atoms with E-state index in [1.165, 1.54) is 7.11 Å². The van der Waals surface area contributed by atoms with Gasteiger partial charge in [-0.25, -0.2) is 4.79 Å². The van der Waals surface area contributed by atoms with E-state index in [4.69, 9.17) is 27.9 Å². The third-order valence-corrected chi connectivity index (χ3v) is 10.8.